The maximum atomic E-state index is 12.8. The number of likely N-dealkylation sites (tertiary alicyclic amines) is 1. The summed E-state index contributed by atoms with van der Waals surface area (Å²) in [6.07, 6.45) is 4.43. The Bertz CT molecular complexity index is 774. The van der Waals surface area contributed by atoms with Crippen molar-refractivity contribution in [3.63, 3.8) is 0 Å². The molecule has 0 unspecified atom stereocenters. The third-order valence-electron chi connectivity index (χ3n) is 5.56. The quantitative estimate of drug-likeness (QED) is 0.844. The molecule has 3 heterocycles. The number of fused-ring (bicyclic) bond motifs is 2. The van der Waals surface area contributed by atoms with Crippen molar-refractivity contribution in [3.05, 3.63) is 53.3 Å². The summed E-state index contributed by atoms with van der Waals surface area (Å²) in [5, 5.41) is 0. The molecule has 1 spiro atoms. The van der Waals surface area contributed by atoms with E-state index in [4.69, 9.17) is 9.47 Å². The van der Waals surface area contributed by atoms with Crippen LogP contribution in [0.15, 0.2) is 36.5 Å². The van der Waals surface area contributed by atoms with E-state index in [-0.39, 0.29) is 11.5 Å². The molecule has 1 aromatic heterocycles. The van der Waals surface area contributed by atoms with Crippen LogP contribution < -0.4 is 4.74 Å². The molecule has 0 aliphatic carbocycles. The fraction of sp³-hybridized carbons (Fsp3) is 0.450. The molecule has 1 aromatic carbocycles. The molecule has 2 aliphatic heterocycles. The number of piperidine rings is 1. The first kappa shape index (κ1) is 16.2. The van der Waals surface area contributed by atoms with E-state index in [1.807, 2.05) is 47.0 Å². The Kier molecular flexibility index (Phi) is 4.04. The van der Waals surface area contributed by atoms with Gasteiger partial charge in [0.05, 0.1) is 13.7 Å². The van der Waals surface area contributed by atoms with E-state index in [0.29, 0.717) is 13.1 Å². The summed E-state index contributed by atoms with van der Waals surface area (Å²) < 4.78 is 13.8. The number of amides is 1. The monoisotopic (exact) mass is 340 g/mol. The predicted molar refractivity (Wildman–Crippen MR) is 94.9 cm³/mol. The second kappa shape index (κ2) is 6.23. The van der Waals surface area contributed by atoms with Crippen molar-refractivity contribution in [2.45, 2.75) is 24.9 Å². The largest absolute Gasteiger partial charge is 0.496 e. The summed E-state index contributed by atoms with van der Waals surface area (Å²) in [5.41, 5.74) is 2.91. The van der Waals surface area contributed by atoms with Crippen molar-refractivity contribution in [3.8, 4) is 5.75 Å². The average molecular weight is 340 g/mol. The van der Waals surface area contributed by atoms with Gasteiger partial charge in [0, 0.05) is 31.9 Å². The average Bonchev–Trinajstić information content (AvgIpc) is 3.07. The molecule has 5 nitrogen and oxygen atoms in total. The maximum absolute atomic E-state index is 12.8. The minimum Gasteiger partial charge on any atom is -0.496 e. The van der Waals surface area contributed by atoms with Gasteiger partial charge in [-0.1, -0.05) is 12.1 Å². The fourth-order valence-electron chi connectivity index (χ4n) is 4.21. The number of nitrogens with zero attached hydrogens (tertiary/aromatic N) is 2. The fourth-order valence-corrected chi connectivity index (χ4v) is 4.21. The van der Waals surface area contributed by atoms with Gasteiger partial charge in [-0.15, -0.1) is 0 Å². The number of aromatic nitrogens is 1. The molecule has 0 bridgehead atoms. The van der Waals surface area contributed by atoms with Crippen molar-refractivity contribution < 1.29 is 14.3 Å². The molecule has 2 aliphatic rings. The highest BCUT2D eigenvalue weighted by molar-refractivity contribution is 5.92. The molecule has 132 valence electrons. The van der Waals surface area contributed by atoms with E-state index in [1.165, 1.54) is 11.1 Å². The van der Waals surface area contributed by atoms with Gasteiger partial charge in [-0.3, -0.25) is 4.79 Å². The van der Waals surface area contributed by atoms with E-state index in [0.717, 1.165) is 37.3 Å². The SMILES string of the molecule is COc1cccc2c1C1(CCN(C(=O)c3cccn3C)CC1)OCC2. The highest BCUT2D eigenvalue weighted by Crippen LogP contribution is 2.45. The summed E-state index contributed by atoms with van der Waals surface area (Å²) in [7, 11) is 3.62. The van der Waals surface area contributed by atoms with Gasteiger partial charge in [0.1, 0.15) is 17.0 Å². The summed E-state index contributed by atoms with van der Waals surface area (Å²) in [4.78, 5) is 14.7. The lowest BCUT2D eigenvalue weighted by atomic mass is 9.78. The van der Waals surface area contributed by atoms with E-state index >= 15 is 0 Å². The first-order chi connectivity index (χ1) is 12.1. The minimum atomic E-state index is -0.328. The zero-order valence-corrected chi connectivity index (χ0v) is 14.8. The second-order valence-electron chi connectivity index (χ2n) is 6.88. The molecule has 1 fully saturated rings. The lowest BCUT2D eigenvalue weighted by Crippen LogP contribution is -2.48. The maximum Gasteiger partial charge on any atom is 0.270 e. The first-order valence-electron chi connectivity index (χ1n) is 8.85. The number of carbonyl (C=O) groups excluding carboxylic acids is 1. The Morgan fingerprint density at radius 3 is 2.68 bits per heavy atom. The highest BCUT2D eigenvalue weighted by atomic mass is 16.5. The van der Waals surface area contributed by atoms with Gasteiger partial charge in [-0.05, 0) is 43.0 Å². The number of rotatable bonds is 2. The number of carbonyl (C=O) groups is 1. The van der Waals surface area contributed by atoms with Crippen LogP contribution in [0.25, 0.3) is 0 Å². The molecular weight excluding hydrogens is 316 g/mol. The van der Waals surface area contributed by atoms with Crippen LogP contribution in [0.1, 0.15) is 34.5 Å². The molecule has 0 atom stereocenters. The van der Waals surface area contributed by atoms with Crippen LogP contribution in [-0.4, -0.2) is 42.2 Å². The molecule has 5 heteroatoms. The Balaban J connectivity index is 1.59. The molecule has 1 amide bonds. The summed E-state index contributed by atoms with van der Waals surface area (Å²) in [6.45, 7) is 2.12. The highest BCUT2D eigenvalue weighted by Gasteiger charge is 2.43. The lowest BCUT2D eigenvalue weighted by molar-refractivity contribution is -0.0947. The van der Waals surface area contributed by atoms with Crippen molar-refractivity contribution in [1.82, 2.24) is 9.47 Å². The number of benzene rings is 1. The van der Waals surface area contributed by atoms with Crippen LogP contribution in [0.2, 0.25) is 0 Å². The minimum absolute atomic E-state index is 0.0957. The van der Waals surface area contributed by atoms with Crippen LogP contribution in [0.5, 0.6) is 5.75 Å². The number of hydrogen-bond donors (Lipinski definition) is 0. The van der Waals surface area contributed by atoms with E-state index in [1.54, 1.807) is 7.11 Å². The van der Waals surface area contributed by atoms with Crippen LogP contribution in [0.4, 0.5) is 0 Å². The topological polar surface area (TPSA) is 43.7 Å². The van der Waals surface area contributed by atoms with Gasteiger partial charge in [-0.25, -0.2) is 0 Å². The molecular formula is C20H24N2O3. The zero-order valence-electron chi connectivity index (χ0n) is 14.8. The molecule has 25 heavy (non-hydrogen) atoms. The molecule has 4 rings (SSSR count). The molecule has 0 N–H and O–H groups in total. The molecule has 1 saturated heterocycles. The van der Waals surface area contributed by atoms with Crippen molar-refractivity contribution in [2.75, 3.05) is 26.8 Å². The van der Waals surface area contributed by atoms with Gasteiger partial charge in [0.25, 0.3) is 5.91 Å². The van der Waals surface area contributed by atoms with Gasteiger partial charge >= 0.3 is 0 Å². The number of ether oxygens (including phenoxy) is 2. The Hall–Kier alpha value is -2.27. The molecule has 0 radical (unpaired) electrons. The second-order valence-corrected chi connectivity index (χ2v) is 6.88. The van der Waals surface area contributed by atoms with Crippen molar-refractivity contribution in [2.24, 2.45) is 7.05 Å². The Morgan fingerprint density at radius 1 is 1.20 bits per heavy atom. The third-order valence-corrected chi connectivity index (χ3v) is 5.56. The standard InChI is InChI=1S/C20H24N2O3/c1-21-11-4-6-16(21)19(23)22-12-9-20(10-13-22)18-15(8-14-25-20)5-3-7-17(18)24-2/h3-7,11H,8-10,12-14H2,1-2H3. The van der Waals surface area contributed by atoms with E-state index in [9.17, 15) is 4.79 Å². The summed E-state index contributed by atoms with van der Waals surface area (Å²) in [6, 6.07) is 10.0. The Labute approximate surface area is 148 Å². The van der Waals surface area contributed by atoms with Gasteiger partial charge in [0.15, 0.2) is 0 Å². The van der Waals surface area contributed by atoms with Gasteiger partial charge in [-0.2, -0.15) is 0 Å². The predicted octanol–water partition coefficient (Wildman–Crippen LogP) is 2.74. The normalized spacial score (nSPS) is 18.9. The summed E-state index contributed by atoms with van der Waals surface area (Å²) in [5.74, 6) is 0.998. The van der Waals surface area contributed by atoms with Crippen LogP contribution >= 0.6 is 0 Å². The van der Waals surface area contributed by atoms with E-state index in [2.05, 4.69) is 6.07 Å². The van der Waals surface area contributed by atoms with E-state index < -0.39 is 0 Å². The van der Waals surface area contributed by atoms with Crippen LogP contribution in [0, 0.1) is 0 Å². The van der Waals surface area contributed by atoms with Gasteiger partial charge < -0.3 is 18.9 Å². The molecule has 2 aromatic rings. The summed E-state index contributed by atoms with van der Waals surface area (Å²) >= 11 is 0. The van der Waals surface area contributed by atoms with Crippen molar-refractivity contribution in [1.29, 1.82) is 0 Å². The third kappa shape index (κ3) is 2.63. The number of methoxy groups -OCH3 is 1. The van der Waals surface area contributed by atoms with Gasteiger partial charge in [0.2, 0.25) is 0 Å². The number of aryl methyl sites for hydroxylation is 1. The Morgan fingerprint density at radius 2 is 2.00 bits per heavy atom. The smallest absolute Gasteiger partial charge is 0.270 e. The van der Waals surface area contributed by atoms with Crippen LogP contribution in [0.3, 0.4) is 0 Å². The van der Waals surface area contributed by atoms with Crippen LogP contribution in [-0.2, 0) is 23.8 Å². The number of hydrogen-bond acceptors (Lipinski definition) is 3. The lowest BCUT2D eigenvalue weighted by Gasteiger charge is -2.45. The zero-order chi connectivity index (χ0) is 17.4. The first-order valence-corrected chi connectivity index (χ1v) is 8.85. The molecule has 0 saturated carbocycles. The van der Waals surface area contributed by atoms with Crippen molar-refractivity contribution >= 4 is 5.91 Å².